The molecule has 1 unspecified atom stereocenters. The van der Waals surface area contributed by atoms with Crippen LogP contribution in [0.4, 0.5) is 0 Å². The molecule has 1 saturated heterocycles. The second-order valence-electron chi connectivity index (χ2n) is 4.24. The minimum absolute atomic E-state index is 0.195. The number of carbonyl (C=O) groups excluding carboxylic acids is 1. The Labute approximate surface area is 113 Å². The lowest BCUT2D eigenvalue weighted by molar-refractivity contribution is -0.187. The van der Waals surface area contributed by atoms with E-state index < -0.39 is 6.29 Å². The largest absolute Gasteiger partial charge is 0.457 e. The maximum Gasteiger partial charge on any atom is 0.307 e. The molecule has 0 spiro atoms. The summed E-state index contributed by atoms with van der Waals surface area (Å²) < 4.78 is 15.4. The van der Waals surface area contributed by atoms with Crippen LogP contribution in [-0.2, 0) is 19.0 Å². The summed E-state index contributed by atoms with van der Waals surface area (Å²) in [6, 6.07) is 0. The number of ether oxygens (including phenoxy) is 3. The third kappa shape index (κ3) is 5.56. The van der Waals surface area contributed by atoms with Crippen LogP contribution in [0, 0.1) is 0 Å². The molecule has 5 nitrogen and oxygen atoms in total. The van der Waals surface area contributed by atoms with Crippen LogP contribution in [-0.4, -0.2) is 68.6 Å². The lowest BCUT2D eigenvalue weighted by Gasteiger charge is -2.26. The molecule has 1 atom stereocenters. The molecule has 0 N–H and O–H groups in total. The Hall–Kier alpha value is -0.300. The van der Waals surface area contributed by atoms with Gasteiger partial charge < -0.3 is 19.1 Å². The smallest absolute Gasteiger partial charge is 0.307 e. The van der Waals surface area contributed by atoms with Gasteiger partial charge in [0.1, 0.15) is 6.10 Å². The standard InChI is InChI=1S/C12H23NO4S/c1-10(12(15-2)16-3)17-11(14)4-5-13-6-8-18-9-7-13/h10,12H,4-9H2,1-3H3. The number of carbonyl (C=O) groups is 1. The predicted octanol–water partition coefficient (Wildman–Crippen LogP) is 0.976. The Kier molecular flexibility index (Phi) is 7.65. The van der Waals surface area contributed by atoms with Crippen molar-refractivity contribution in [3.8, 4) is 0 Å². The van der Waals surface area contributed by atoms with Gasteiger partial charge in [0.25, 0.3) is 0 Å². The van der Waals surface area contributed by atoms with Crippen molar-refractivity contribution < 1.29 is 19.0 Å². The quantitative estimate of drug-likeness (QED) is 0.510. The third-order valence-corrected chi connectivity index (χ3v) is 3.84. The number of nitrogens with zero attached hydrogens (tertiary/aromatic N) is 1. The van der Waals surface area contributed by atoms with Gasteiger partial charge in [-0.15, -0.1) is 0 Å². The summed E-state index contributed by atoms with van der Waals surface area (Å²) in [7, 11) is 3.06. The SMILES string of the molecule is COC(OC)C(C)OC(=O)CCN1CCSCC1. The van der Waals surface area contributed by atoms with Crippen molar-refractivity contribution in [3.63, 3.8) is 0 Å². The van der Waals surface area contributed by atoms with Crippen LogP contribution in [0.2, 0.25) is 0 Å². The van der Waals surface area contributed by atoms with E-state index in [2.05, 4.69) is 4.90 Å². The fraction of sp³-hybridized carbons (Fsp3) is 0.917. The molecular weight excluding hydrogens is 254 g/mol. The molecule has 0 aromatic heterocycles. The zero-order chi connectivity index (χ0) is 13.4. The van der Waals surface area contributed by atoms with E-state index in [1.165, 1.54) is 14.2 Å². The Morgan fingerprint density at radius 2 is 1.89 bits per heavy atom. The Morgan fingerprint density at radius 3 is 2.44 bits per heavy atom. The van der Waals surface area contributed by atoms with Crippen molar-refractivity contribution in [2.45, 2.75) is 25.7 Å². The van der Waals surface area contributed by atoms with Crippen LogP contribution in [0.25, 0.3) is 0 Å². The molecule has 0 bridgehead atoms. The van der Waals surface area contributed by atoms with Crippen LogP contribution >= 0.6 is 11.8 Å². The molecule has 0 aromatic rings. The van der Waals surface area contributed by atoms with Gasteiger partial charge in [-0.3, -0.25) is 4.79 Å². The molecule has 0 aromatic carbocycles. The van der Waals surface area contributed by atoms with Crippen LogP contribution in [0.15, 0.2) is 0 Å². The first-order chi connectivity index (χ1) is 8.67. The van der Waals surface area contributed by atoms with E-state index in [1.54, 1.807) is 6.92 Å². The summed E-state index contributed by atoms with van der Waals surface area (Å²) in [6.07, 6.45) is -0.459. The lowest BCUT2D eigenvalue weighted by Crippen LogP contribution is -2.36. The van der Waals surface area contributed by atoms with Gasteiger partial charge >= 0.3 is 5.97 Å². The Bertz CT molecular complexity index is 242. The number of thioether (sulfide) groups is 1. The summed E-state index contributed by atoms with van der Waals surface area (Å²) in [5.74, 6) is 2.11. The molecule has 0 saturated carbocycles. The minimum atomic E-state index is -0.500. The number of rotatable bonds is 7. The lowest BCUT2D eigenvalue weighted by atomic mass is 10.3. The minimum Gasteiger partial charge on any atom is -0.457 e. The maximum atomic E-state index is 11.7. The average Bonchev–Trinajstić information content (AvgIpc) is 2.39. The molecule has 6 heteroatoms. The monoisotopic (exact) mass is 277 g/mol. The average molecular weight is 277 g/mol. The topological polar surface area (TPSA) is 48.0 Å². The molecule has 0 amide bonds. The molecule has 1 aliphatic rings. The van der Waals surface area contributed by atoms with E-state index in [0.717, 1.165) is 31.1 Å². The third-order valence-electron chi connectivity index (χ3n) is 2.90. The zero-order valence-electron chi connectivity index (χ0n) is 11.4. The van der Waals surface area contributed by atoms with Crippen LogP contribution < -0.4 is 0 Å². The highest BCUT2D eigenvalue weighted by Gasteiger charge is 2.20. The van der Waals surface area contributed by atoms with E-state index in [-0.39, 0.29) is 12.1 Å². The first kappa shape index (κ1) is 15.8. The van der Waals surface area contributed by atoms with Crippen LogP contribution in [0.3, 0.4) is 0 Å². The van der Waals surface area contributed by atoms with Crippen molar-refractivity contribution in [1.82, 2.24) is 4.90 Å². The molecule has 1 heterocycles. The van der Waals surface area contributed by atoms with Gasteiger partial charge in [0.05, 0.1) is 6.42 Å². The second-order valence-corrected chi connectivity index (χ2v) is 5.46. The second kappa shape index (κ2) is 8.74. The Morgan fingerprint density at radius 1 is 1.28 bits per heavy atom. The number of hydrogen-bond acceptors (Lipinski definition) is 6. The first-order valence-corrected chi connectivity index (χ1v) is 7.38. The molecular formula is C12H23NO4S. The maximum absolute atomic E-state index is 11.7. The van der Waals surface area contributed by atoms with E-state index in [9.17, 15) is 4.79 Å². The summed E-state index contributed by atoms with van der Waals surface area (Å²) in [6.45, 7) is 4.67. The van der Waals surface area contributed by atoms with E-state index in [0.29, 0.717) is 6.42 Å². The number of methoxy groups -OCH3 is 2. The molecule has 0 radical (unpaired) electrons. The van der Waals surface area contributed by atoms with Gasteiger partial charge in [-0.25, -0.2) is 0 Å². The zero-order valence-corrected chi connectivity index (χ0v) is 12.2. The number of hydrogen-bond donors (Lipinski definition) is 0. The summed E-state index contributed by atoms with van der Waals surface area (Å²) in [5, 5.41) is 0. The van der Waals surface area contributed by atoms with Gasteiger partial charge in [0.2, 0.25) is 0 Å². The van der Waals surface area contributed by atoms with Gasteiger partial charge in [0, 0.05) is 45.4 Å². The van der Waals surface area contributed by atoms with Crippen molar-refractivity contribution in [1.29, 1.82) is 0 Å². The highest BCUT2D eigenvalue weighted by molar-refractivity contribution is 7.99. The normalized spacial score (nSPS) is 18.9. The van der Waals surface area contributed by atoms with Gasteiger partial charge in [0.15, 0.2) is 6.29 Å². The van der Waals surface area contributed by atoms with Crippen LogP contribution in [0.1, 0.15) is 13.3 Å². The summed E-state index contributed by atoms with van der Waals surface area (Å²) in [5.41, 5.74) is 0. The van der Waals surface area contributed by atoms with Gasteiger partial charge in [-0.2, -0.15) is 11.8 Å². The molecule has 106 valence electrons. The van der Waals surface area contributed by atoms with Gasteiger partial charge in [-0.1, -0.05) is 0 Å². The van der Waals surface area contributed by atoms with Gasteiger partial charge in [-0.05, 0) is 6.92 Å². The summed E-state index contributed by atoms with van der Waals surface area (Å²) >= 11 is 1.96. The van der Waals surface area contributed by atoms with E-state index in [1.807, 2.05) is 11.8 Å². The number of esters is 1. The van der Waals surface area contributed by atoms with Crippen molar-refractivity contribution in [3.05, 3.63) is 0 Å². The first-order valence-electron chi connectivity index (χ1n) is 6.22. The highest BCUT2D eigenvalue weighted by Crippen LogP contribution is 2.10. The fourth-order valence-corrected chi connectivity index (χ4v) is 2.85. The van der Waals surface area contributed by atoms with Crippen molar-refractivity contribution >= 4 is 17.7 Å². The van der Waals surface area contributed by atoms with E-state index in [4.69, 9.17) is 14.2 Å². The van der Waals surface area contributed by atoms with E-state index >= 15 is 0 Å². The molecule has 1 aliphatic heterocycles. The molecule has 1 rings (SSSR count). The molecule has 1 fully saturated rings. The van der Waals surface area contributed by atoms with Crippen molar-refractivity contribution in [2.24, 2.45) is 0 Å². The molecule has 18 heavy (non-hydrogen) atoms. The molecule has 0 aliphatic carbocycles. The van der Waals surface area contributed by atoms with Crippen LogP contribution in [0.5, 0.6) is 0 Å². The summed E-state index contributed by atoms with van der Waals surface area (Å²) in [4.78, 5) is 14.0. The Balaban J connectivity index is 2.19. The predicted molar refractivity (Wildman–Crippen MR) is 71.7 cm³/mol. The highest BCUT2D eigenvalue weighted by atomic mass is 32.2. The fourth-order valence-electron chi connectivity index (χ4n) is 1.88. The van der Waals surface area contributed by atoms with Crippen molar-refractivity contribution in [2.75, 3.05) is 45.4 Å².